The molecule has 0 atom stereocenters. The van der Waals surface area contributed by atoms with Crippen molar-refractivity contribution in [1.29, 1.82) is 0 Å². The average molecular weight is 555 g/mol. The van der Waals surface area contributed by atoms with Crippen LogP contribution in [0.3, 0.4) is 0 Å². The van der Waals surface area contributed by atoms with Gasteiger partial charge in [0.15, 0.2) is 5.69 Å². The Morgan fingerprint density at radius 2 is 1.73 bits per heavy atom. The molecule has 0 bridgehead atoms. The van der Waals surface area contributed by atoms with Crippen molar-refractivity contribution >= 4 is 23.2 Å². The highest BCUT2D eigenvalue weighted by Gasteiger charge is 2.35. The molecule has 41 heavy (non-hydrogen) atoms. The quantitative estimate of drug-likeness (QED) is 0.317. The van der Waals surface area contributed by atoms with Crippen molar-refractivity contribution in [1.82, 2.24) is 19.7 Å². The van der Waals surface area contributed by atoms with Gasteiger partial charge >= 0.3 is 0 Å². The minimum absolute atomic E-state index is 0.0843. The van der Waals surface area contributed by atoms with Crippen molar-refractivity contribution in [3.63, 3.8) is 0 Å². The van der Waals surface area contributed by atoms with Crippen molar-refractivity contribution in [2.45, 2.75) is 32.6 Å². The van der Waals surface area contributed by atoms with E-state index in [1.165, 1.54) is 12.8 Å². The molecule has 10 heteroatoms. The number of methoxy groups -OCH3 is 1. The van der Waals surface area contributed by atoms with E-state index in [4.69, 9.17) is 14.3 Å². The van der Waals surface area contributed by atoms with Crippen LogP contribution < -0.4 is 14.5 Å². The normalized spacial score (nSPS) is 15.3. The van der Waals surface area contributed by atoms with Gasteiger partial charge < -0.3 is 23.9 Å². The number of aryl methyl sites for hydroxylation is 1. The molecule has 0 aliphatic carbocycles. The summed E-state index contributed by atoms with van der Waals surface area (Å²) in [6.07, 6.45) is 5.09. The van der Waals surface area contributed by atoms with Crippen LogP contribution in [-0.2, 0) is 11.2 Å². The van der Waals surface area contributed by atoms with Gasteiger partial charge in [-0.2, -0.15) is 5.10 Å². The molecule has 212 valence electrons. The number of hydrogen-bond acceptors (Lipinski definition) is 7. The summed E-state index contributed by atoms with van der Waals surface area (Å²) < 4.78 is 12.7. The summed E-state index contributed by atoms with van der Waals surface area (Å²) in [5.41, 5.74) is 4.90. The number of carbonyl (C=O) groups is 2. The van der Waals surface area contributed by atoms with E-state index < -0.39 is 0 Å². The third-order valence-electron chi connectivity index (χ3n) is 7.92. The first-order valence-electron chi connectivity index (χ1n) is 14.0. The third-order valence-corrected chi connectivity index (χ3v) is 7.92. The van der Waals surface area contributed by atoms with Gasteiger partial charge in [-0.3, -0.25) is 9.59 Å². The van der Waals surface area contributed by atoms with E-state index in [1.54, 1.807) is 34.9 Å². The van der Waals surface area contributed by atoms with Gasteiger partial charge in [0.25, 0.3) is 5.91 Å². The Bertz CT molecular complexity index is 1550. The zero-order valence-corrected chi connectivity index (χ0v) is 23.7. The molecule has 0 N–H and O–H groups in total. The molecule has 1 fully saturated rings. The molecule has 6 rings (SSSR count). The highest BCUT2D eigenvalue weighted by molar-refractivity contribution is 6.08. The summed E-state index contributed by atoms with van der Waals surface area (Å²) in [6.45, 7) is 5.29. The number of anilines is 2. The smallest absolute Gasteiger partial charge is 0.277 e. The second-order valence-electron chi connectivity index (χ2n) is 10.6. The van der Waals surface area contributed by atoms with Gasteiger partial charge in [-0.1, -0.05) is 0 Å². The first kappa shape index (κ1) is 26.8. The number of carbonyl (C=O) groups excluding carboxylic acids is 2. The van der Waals surface area contributed by atoms with Gasteiger partial charge in [0.1, 0.15) is 17.7 Å². The second-order valence-corrected chi connectivity index (χ2v) is 10.6. The van der Waals surface area contributed by atoms with Crippen molar-refractivity contribution in [3.8, 4) is 23.0 Å². The van der Waals surface area contributed by atoms with Crippen LogP contribution in [0.5, 0.6) is 5.75 Å². The fourth-order valence-electron chi connectivity index (χ4n) is 5.58. The second kappa shape index (κ2) is 11.2. The minimum Gasteiger partial charge on any atom is -0.497 e. The van der Waals surface area contributed by atoms with E-state index >= 15 is 0 Å². The molecule has 2 aliphatic heterocycles. The molecular weight excluding hydrogens is 520 g/mol. The van der Waals surface area contributed by atoms with E-state index in [-0.39, 0.29) is 11.8 Å². The largest absolute Gasteiger partial charge is 0.497 e. The standard InChI is InChI=1S/C31H34N6O4/c1-21-20-41-30(32-21)28-26-14-19-36(31(39)29(26)37(33-28)24-10-12-25(40-3)13-11-24)23-8-6-22(7-9-23)34(2)27(38)15-18-35-16-4-5-17-35/h6-13,20H,4-5,14-19H2,1-3H3. The maximum absolute atomic E-state index is 14.0. The van der Waals surface area contributed by atoms with Gasteiger partial charge in [-0.25, -0.2) is 9.67 Å². The third kappa shape index (κ3) is 5.22. The number of hydrogen-bond donors (Lipinski definition) is 0. The van der Waals surface area contributed by atoms with E-state index in [1.807, 2.05) is 55.5 Å². The summed E-state index contributed by atoms with van der Waals surface area (Å²) in [5, 5.41) is 4.81. The maximum Gasteiger partial charge on any atom is 0.277 e. The zero-order valence-electron chi connectivity index (χ0n) is 23.7. The Morgan fingerprint density at radius 1 is 1.02 bits per heavy atom. The van der Waals surface area contributed by atoms with Crippen LogP contribution in [0.15, 0.2) is 59.2 Å². The minimum atomic E-state index is -0.160. The topological polar surface area (TPSA) is 96.9 Å². The number of amides is 2. The number of likely N-dealkylation sites (tertiary alicyclic amines) is 1. The Morgan fingerprint density at radius 3 is 2.39 bits per heavy atom. The Balaban J connectivity index is 1.26. The molecule has 10 nitrogen and oxygen atoms in total. The summed E-state index contributed by atoms with van der Waals surface area (Å²) in [5.74, 6) is 1.04. The van der Waals surface area contributed by atoms with Crippen LogP contribution in [0.1, 0.15) is 41.0 Å². The van der Waals surface area contributed by atoms with E-state index in [2.05, 4.69) is 9.88 Å². The number of oxazole rings is 1. The van der Waals surface area contributed by atoms with E-state index in [0.29, 0.717) is 42.4 Å². The van der Waals surface area contributed by atoms with Crippen LogP contribution in [-0.4, -0.2) is 71.8 Å². The van der Waals surface area contributed by atoms with Crippen LogP contribution in [0.4, 0.5) is 11.4 Å². The molecule has 4 heterocycles. The van der Waals surface area contributed by atoms with E-state index in [9.17, 15) is 9.59 Å². The Labute approximate surface area is 239 Å². The fraction of sp³-hybridized carbons (Fsp3) is 0.355. The number of nitrogens with zero attached hydrogens (tertiary/aromatic N) is 6. The molecule has 4 aromatic rings. The Hall–Kier alpha value is -4.44. The van der Waals surface area contributed by atoms with Crippen LogP contribution >= 0.6 is 0 Å². The molecule has 2 aromatic carbocycles. The first-order valence-corrected chi connectivity index (χ1v) is 14.0. The molecule has 0 saturated carbocycles. The lowest BCUT2D eigenvalue weighted by atomic mass is 10.0. The van der Waals surface area contributed by atoms with Gasteiger partial charge in [0, 0.05) is 43.5 Å². The summed E-state index contributed by atoms with van der Waals surface area (Å²) in [4.78, 5) is 37.1. The van der Waals surface area contributed by atoms with Gasteiger partial charge in [0.2, 0.25) is 11.8 Å². The summed E-state index contributed by atoms with van der Waals surface area (Å²) in [7, 11) is 3.42. The molecule has 0 radical (unpaired) electrons. The molecule has 1 saturated heterocycles. The number of fused-ring (bicyclic) bond motifs is 1. The first-order chi connectivity index (χ1) is 19.9. The monoisotopic (exact) mass is 554 g/mol. The van der Waals surface area contributed by atoms with Gasteiger partial charge in [-0.05, 0) is 87.8 Å². The van der Waals surface area contributed by atoms with Crippen molar-refractivity contribution in [2.75, 3.05) is 50.1 Å². The Kier molecular flexibility index (Phi) is 7.32. The average Bonchev–Trinajstić information content (AvgIpc) is 3.76. The lowest BCUT2D eigenvalue weighted by Crippen LogP contribution is -2.38. The number of benzene rings is 2. The zero-order chi connectivity index (χ0) is 28.5. The fourth-order valence-corrected chi connectivity index (χ4v) is 5.58. The van der Waals surface area contributed by atoms with E-state index in [0.717, 1.165) is 48.0 Å². The predicted molar refractivity (Wildman–Crippen MR) is 156 cm³/mol. The molecule has 2 amide bonds. The molecule has 0 unspecified atom stereocenters. The van der Waals surface area contributed by atoms with Crippen LogP contribution in [0, 0.1) is 6.92 Å². The number of aromatic nitrogens is 3. The summed E-state index contributed by atoms with van der Waals surface area (Å²) >= 11 is 0. The SMILES string of the molecule is COc1ccc(-n2nc(-c3nc(C)co3)c3c2C(=O)N(c2ccc(N(C)C(=O)CCN4CCCC4)cc2)CC3)cc1. The predicted octanol–water partition coefficient (Wildman–Crippen LogP) is 4.50. The van der Waals surface area contributed by atoms with Crippen molar-refractivity contribution in [3.05, 3.63) is 71.7 Å². The number of rotatable bonds is 8. The van der Waals surface area contributed by atoms with Gasteiger partial charge in [-0.15, -0.1) is 0 Å². The highest BCUT2D eigenvalue weighted by atomic mass is 16.5. The highest BCUT2D eigenvalue weighted by Crippen LogP contribution is 2.34. The van der Waals surface area contributed by atoms with Gasteiger partial charge in [0.05, 0.1) is 18.5 Å². The van der Waals surface area contributed by atoms with Crippen LogP contribution in [0.2, 0.25) is 0 Å². The molecule has 2 aromatic heterocycles. The number of ether oxygens (including phenoxy) is 1. The molecular formula is C31H34N6O4. The maximum atomic E-state index is 14.0. The lowest BCUT2D eigenvalue weighted by molar-refractivity contribution is -0.118. The molecule has 0 spiro atoms. The molecule has 2 aliphatic rings. The summed E-state index contributed by atoms with van der Waals surface area (Å²) in [6, 6.07) is 15.0. The van der Waals surface area contributed by atoms with Crippen LogP contribution in [0.25, 0.3) is 17.3 Å². The van der Waals surface area contributed by atoms with Crippen molar-refractivity contribution in [2.24, 2.45) is 0 Å². The van der Waals surface area contributed by atoms with Crippen molar-refractivity contribution < 1.29 is 18.7 Å². The lowest BCUT2D eigenvalue weighted by Gasteiger charge is -2.28.